The van der Waals surface area contributed by atoms with Gasteiger partial charge in [0.2, 0.25) is 5.60 Å². The molecule has 0 amide bonds. The van der Waals surface area contributed by atoms with E-state index in [1.807, 2.05) is 6.92 Å². The monoisotopic (exact) mass is 200 g/mol. The molecule has 80 valence electrons. The van der Waals surface area contributed by atoms with Crippen molar-refractivity contribution in [1.82, 2.24) is 0 Å². The standard InChI is InChI=1S/C10H16O4/c1-5-6-7-8(11)14-10(2,3)9(12)13-4/h6-7H,5H2,1-4H3. The van der Waals surface area contributed by atoms with Crippen LogP contribution < -0.4 is 0 Å². The molecule has 0 fully saturated rings. The number of allylic oxidation sites excluding steroid dienone is 1. The average Bonchev–Trinajstić information content (AvgIpc) is 2.12. The van der Waals surface area contributed by atoms with E-state index in [2.05, 4.69) is 4.74 Å². The summed E-state index contributed by atoms with van der Waals surface area (Å²) in [5.41, 5.74) is -1.23. The van der Waals surface area contributed by atoms with Gasteiger partial charge in [-0.1, -0.05) is 13.0 Å². The lowest BCUT2D eigenvalue weighted by Gasteiger charge is -2.20. The lowest BCUT2D eigenvalue weighted by molar-refractivity contribution is -0.173. The van der Waals surface area contributed by atoms with Gasteiger partial charge in [0.1, 0.15) is 0 Å². The van der Waals surface area contributed by atoms with Crippen molar-refractivity contribution in [3.05, 3.63) is 12.2 Å². The first kappa shape index (κ1) is 12.7. The maximum Gasteiger partial charge on any atom is 0.349 e. The number of ether oxygens (including phenoxy) is 2. The number of esters is 2. The number of rotatable bonds is 4. The first-order valence-corrected chi connectivity index (χ1v) is 4.42. The minimum Gasteiger partial charge on any atom is -0.466 e. The van der Waals surface area contributed by atoms with Gasteiger partial charge in [-0.25, -0.2) is 9.59 Å². The molecule has 0 aromatic heterocycles. The topological polar surface area (TPSA) is 52.6 Å². The molecular weight excluding hydrogens is 184 g/mol. The molecule has 4 nitrogen and oxygen atoms in total. The summed E-state index contributed by atoms with van der Waals surface area (Å²) in [5, 5.41) is 0. The third kappa shape index (κ3) is 4.07. The van der Waals surface area contributed by atoms with Gasteiger partial charge in [0.25, 0.3) is 0 Å². The van der Waals surface area contributed by atoms with Crippen molar-refractivity contribution in [2.75, 3.05) is 7.11 Å². The van der Waals surface area contributed by atoms with Crippen LogP contribution in [0.3, 0.4) is 0 Å². The minimum absolute atomic E-state index is 0.540. The normalized spacial score (nSPS) is 11.4. The summed E-state index contributed by atoms with van der Waals surface area (Å²) in [7, 11) is 1.25. The largest absolute Gasteiger partial charge is 0.466 e. The molecule has 0 saturated heterocycles. The maximum atomic E-state index is 11.1. The van der Waals surface area contributed by atoms with Crippen LogP contribution in [-0.4, -0.2) is 24.6 Å². The summed E-state index contributed by atoms with van der Waals surface area (Å²) in [6, 6.07) is 0. The number of hydrogen-bond acceptors (Lipinski definition) is 4. The van der Waals surface area contributed by atoms with Crippen molar-refractivity contribution in [2.45, 2.75) is 32.8 Å². The molecule has 0 aliphatic carbocycles. The van der Waals surface area contributed by atoms with E-state index in [1.165, 1.54) is 27.0 Å². The van der Waals surface area contributed by atoms with Crippen molar-refractivity contribution < 1.29 is 19.1 Å². The molecule has 0 heterocycles. The Morgan fingerprint density at radius 3 is 2.36 bits per heavy atom. The SMILES string of the molecule is CCC=CC(=O)OC(C)(C)C(=O)OC. The summed E-state index contributed by atoms with van der Waals surface area (Å²) in [4.78, 5) is 22.2. The van der Waals surface area contributed by atoms with Gasteiger partial charge in [0.05, 0.1) is 7.11 Å². The van der Waals surface area contributed by atoms with Gasteiger partial charge in [-0.15, -0.1) is 0 Å². The van der Waals surface area contributed by atoms with E-state index < -0.39 is 17.5 Å². The van der Waals surface area contributed by atoms with Crippen LogP contribution in [-0.2, 0) is 19.1 Å². The van der Waals surface area contributed by atoms with Crippen LogP contribution in [0.5, 0.6) is 0 Å². The predicted molar refractivity (Wildman–Crippen MR) is 51.6 cm³/mol. The third-order valence-corrected chi connectivity index (χ3v) is 1.52. The first-order chi connectivity index (χ1) is 6.44. The lowest BCUT2D eigenvalue weighted by Crippen LogP contribution is -2.37. The van der Waals surface area contributed by atoms with Crippen molar-refractivity contribution in [3.63, 3.8) is 0 Å². The summed E-state index contributed by atoms with van der Waals surface area (Å²) >= 11 is 0. The Morgan fingerprint density at radius 2 is 1.93 bits per heavy atom. The van der Waals surface area contributed by atoms with Crippen LogP contribution in [0.25, 0.3) is 0 Å². The van der Waals surface area contributed by atoms with Gasteiger partial charge in [0, 0.05) is 6.08 Å². The molecule has 0 N–H and O–H groups in total. The van der Waals surface area contributed by atoms with Gasteiger partial charge in [-0.05, 0) is 20.3 Å². The molecular formula is C10H16O4. The maximum absolute atomic E-state index is 11.1. The van der Waals surface area contributed by atoms with Crippen LogP contribution in [0.15, 0.2) is 12.2 Å². The van der Waals surface area contributed by atoms with Crippen molar-refractivity contribution in [3.8, 4) is 0 Å². The molecule has 0 unspecified atom stereocenters. The Labute approximate surface area is 83.9 Å². The quantitative estimate of drug-likeness (QED) is 0.509. The van der Waals surface area contributed by atoms with E-state index in [-0.39, 0.29) is 0 Å². The minimum atomic E-state index is -1.23. The first-order valence-electron chi connectivity index (χ1n) is 4.42. The van der Waals surface area contributed by atoms with Gasteiger partial charge >= 0.3 is 11.9 Å². The molecule has 0 aliphatic heterocycles. The van der Waals surface area contributed by atoms with Gasteiger partial charge in [-0.3, -0.25) is 0 Å². The molecule has 4 heteroatoms. The molecule has 0 spiro atoms. The smallest absolute Gasteiger partial charge is 0.349 e. The third-order valence-electron chi connectivity index (χ3n) is 1.52. The zero-order chi connectivity index (χ0) is 11.2. The van der Waals surface area contributed by atoms with Crippen molar-refractivity contribution in [2.24, 2.45) is 0 Å². The summed E-state index contributed by atoms with van der Waals surface area (Å²) in [6.45, 7) is 4.86. The highest BCUT2D eigenvalue weighted by Crippen LogP contribution is 2.11. The number of hydrogen-bond donors (Lipinski definition) is 0. The summed E-state index contributed by atoms with van der Waals surface area (Å²) < 4.78 is 9.37. The van der Waals surface area contributed by atoms with Crippen LogP contribution in [0.2, 0.25) is 0 Å². The molecule has 0 aromatic rings. The number of carbonyl (C=O) groups excluding carboxylic acids is 2. The number of carbonyl (C=O) groups is 2. The summed E-state index contributed by atoms with van der Waals surface area (Å²) in [6.07, 6.45) is 3.70. The fourth-order valence-electron chi connectivity index (χ4n) is 0.787. The van der Waals surface area contributed by atoms with Gasteiger partial charge < -0.3 is 9.47 Å². The van der Waals surface area contributed by atoms with Gasteiger partial charge in [-0.2, -0.15) is 0 Å². The van der Waals surface area contributed by atoms with Crippen molar-refractivity contribution >= 4 is 11.9 Å². The van der Waals surface area contributed by atoms with E-state index in [0.29, 0.717) is 0 Å². The Morgan fingerprint density at radius 1 is 1.36 bits per heavy atom. The molecule has 0 saturated carbocycles. The van der Waals surface area contributed by atoms with Crippen LogP contribution in [0.1, 0.15) is 27.2 Å². The molecule has 0 rings (SSSR count). The average molecular weight is 200 g/mol. The van der Waals surface area contributed by atoms with Crippen molar-refractivity contribution in [1.29, 1.82) is 0 Å². The summed E-state index contributed by atoms with van der Waals surface area (Å²) in [5.74, 6) is -1.11. The molecule has 14 heavy (non-hydrogen) atoms. The fraction of sp³-hybridized carbons (Fsp3) is 0.600. The molecule has 0 radical (unpaired) electrons. The molecule has 0 aromatic carbocycles. The Balaban J connectivity index is 4.29. The van der Waals surface area contributed by atoms with E-state index in [1.54, 1.807) is 6.08 Å². The second-order valence-electron chi connectivity index (χ2n) is 3.23. The highest BCUT2D eigenvalue weighted by molar-refractivity contribution is 5.87. The van der Waals surface area contributed by atoms with E-state index >= 15 is 0 Å². The van der Waals surface area contributed by atoms with Crippen LogP contribution in [0, 0.1) is 0 Å². The lowest BCUT2D eigenvalue weighted by atomic mass is 10.1. The molecule has 0 bridgehead atoms. The Hall–Kier alpha value is -1.32. The highest BCUT2D eigenvalue weighted by atomic mass is 16.6. The molecule has 0 atom stereocenters. The van der Waals surface area contributed by atoms with Crippen LogP contribution in [0.4, 0.5) is 0 Å². The number of methoxy groups -OCH3 is 1. The zero-order valence-corrected chi connectivity index (χ0v) is 8.99. The Bertz CT molecular complexity index is 241. The second-order valence-corrected chi connectivity index (χ2v) is 3.23. The van der Waals surface area contributed by atoms with Crippen LogP contribution >= 0.6 is 0 Å². The van der Waals surface area contributed by atoms with E-state index in [0.717, 1.165) is 6.42 Å². The fourth-order valence-corrected chi connectivity index (χ4v) is 0.787. The van der Waals surface area contributed by atoms with E-state index in [9.17, 15) is 9.59 Å². The zero-order valence-electron chi connectivity index (χ0n) is 8.99. The van der Waals surface area contributed by atoms with Gasteiger partial charge in [0.15, 0.2) is 0 Å². The second kappa shape index (κ2) is 5.42. The van der Waals surface area contributed by atoms with E-state index in [4.69, 9.17) is 4.74 Å². The predicted octanol–water partition coefficient (Wildman–Crippen LogP) is 1.45. The molecule has 0 aliphatic rings. The Kier molecular flexibility index (Phi) is 4.91. The highest BCUT2D eigenvalue weighted by Gasteiger charge is 2.32.